The first-order chi connectivity index (χ1) is 12.9. The molecule has 7 heteroatoms. The third-order valence-corrected chi connectivity index (χ3v) is 5.72. The summed E-state index contributed by atoms with van der Waals surface area (Å²) in [6.45, 7) is 2.77. The van der Waals surface area contributed by atoms with Gasteiger partial charge in [-0.25, -0.2) is 4.79 Å². The van der Waals surface area contributed by atoms with E-state index >= 15 is 0 Å². The lowest BCUT2D eigenvalue weighted by molar-refractivity contribution is -0.137. The summed E-state index contributed by atoms with van der Waals surface area (Å²) in [6.07, 6.45) is 1.07. The molecular weight excluding hydrogens is 357 g/mol. The number of rotatable bonds is 3. The van der Waals surface area contributed by atoms with Gasteiger partial charge in [0.15, 0.2) is 0 Å². The number of nitrogens with one attached hydrogen (secondary N) is 1. The number of hydrogen-bond acceptors (Lipinski definition) is 2. The van der Waals surface area contributed by atoms with Crippen LogP contribution in [-0.4, -0.2) is 43.8 Å². The zero-order valence-electron chi connectivity index (χ0n) is 15.5. The Morgan fingerprint density at radius 2 is 1.78 bits per heavy atom. The Kier molecular flexibility index (Phi) is 6.29. The Labute approximate surface area is 158 Å². The molecule has 0 bridgehead atoms. The van der Waals surface area contributed by atoms with Crippen LogP contribution in [0.5, 0.6) is 0 Å². The summed E-state index contributed by atoms with van der Waals surface area (Å²) in [4.78, 5) is 14.4. The maximum absolute atomic E-state index is 13.2. The van der Waals surface area contributed by atoms with Crippen molar-refractivity contribution in [3.8, 4) is 0 Å². The predicted octanol–water partition coefficient (Wildman–Crippen LogP) is 4.34. The van der Waals surface area contributed by atoms with Gasteiger partial charge in [-0.05, 0) is 37.3 Å². The molecule has 2 heterocycles. The largest absolute Gasteiger partial charge is 0.416 e. The van der Waals surface area contributed by atoms with Crippen LogP contribution in [0.25, 0.3) is 0 Å². The summed E-state index contributed by atoms with van der Waals surface area (Å²) in [5, 5.41) is 3.00. The molecule has 3 rings (SSSR count). The molecule has 0 radical (unpaired) electrons. The fourth-order valence-corrected chi connectivity index (χ4v) is 3.99. The maximum Gasteiger partial charge on any atom is 0.416 e. The number of nitrogens with zero attached hydrogens (tertiary/aromatic N) is 1. The van der Waals surface area contributed by atoms with Crippen LogP contribution < -0.4 is 5.32 Å². The standard InChI is InChI=1S/C20H27F3N2O2/c21-20(22,23)17-7-5-6-16(14-17)19(8-12-27-13-9-19)15-24-18(26)25-10-3-1-2-4-11-25/h5-7,14H,1-4,8-13,15H2,(H,24,26). The molecule has 0 aliphatic carbocycles. The number of likely N-dealkylation sites (tertiary alicyclic amines) is 1. The van der Waals surface area contributed by atoms with E-state index in [-0.39, 0.29) is 6.03 Å². The smallest absolute Gasteiger partial charge is 0.381 e. The summed E-state index contributed by atoms with van der Waals surface area (Å²) >= 11 is 0. The van der Waals surface area contributed by atoms with Crippen molar-refractivity contribution >= 4 is 6.03 Å². The maximum atomic E-state index is 13.2. The van der Waals surface area contributed by atoms with E-state index in [1.54, 1.807) is 6.07 Å². The highest BCUT2D eigenvalue weighted by Gasteiger charge is 2.38. The van der Waals surface area contributed by atoms with Crippen molar-refractivity contribution in [2.24, 2.45) is 0 Å². The van der Waals surface area contributed by atoms with Crippen LogP contribution in [-0.2, 0) is 16.3 Å². The van der Waals surface area contributed by atoms with E-state index in [0.717, 1.165) is 44.8 Å². The van der Waals surface area contributed by atoms with Crippen molar-refractivity contribution in [1.82, 2.24) is 10.2 Å². The Morgan fingerprint density at radius 3 is 2.41 bits per heavy atom. The molecule has 2 saturated heterocycles. The van der Waals surface area contributed by atoms with Crippen molar-refractivity contribution in [2.45, 2.75) is 50.1 Å². The Balaban J connectivity index is 1.76. The second kappa shape index (κ2) is 8.50. The number of hydrogen-bond donors (Lipinski definition) is 1. The van der Waals surface area contributed by atoms with Gasteiger partial charge in [0.2, 0.25) is 0 Å². The summed E-state index contributed by atoms with van der Waals surface area (Å²) in [7, 11) is 0. The van der Waals surface area contributed by atoms with Crippen molar-refractivity contribution in [3.63, 3.8) is 0 Å². The lowest BCUT2D eigenvalue weighted by Gasteiger charge is -2.38. The number of urea groups is 1. The second-order valence-corrected chi connectivity index (χ2v) is 7.53. The molecule has 2 aliphatic heterocycles. The highest BCUT2D eigenvalue weighted by atomic mass is 19.4. The number of benzene rings is 1. The van der Waals surface area contributed by atoms with Crippen LogP contribution in [0.15, 0.2) is 24.3 Å². The first-order valence-electron chi connectivity index (χ1n) is 9.69. The Bertz CT molecular complexity index is 634. The molecule has 4 nitrogen and oxygen atoms in total. The number of ether oxygens (including phenoxy) is 1. The lowest BCUT2D eigenvalue weighted by atomic mass is 9.73. The lowest BCUT2D eigenvalue weighted by Crippen LogP contribution is -2.48. The van der Waals surface area contributed by atoms with Crippen LogP contribution >= 0.6 is 0 Å². The zero-order valence-corrected chi connectivity index (χ0v) is 15.5. The SMILES string of the molecule is O=C(NCC1(c2cccc(C(F)(F)F)c2)CCOCC1)N1CCCCCC1. The van der Waals surface area contributed by atoms with E-state index in [0.29, 0.717) is 38.2 Å². The molecule has 1 N–H and O–H groups in total. The van der Waals surface area contributed by atoms with E-state index in [1.807, 2.05) is 4.90 Å². The van der Waals surface area contributed by atoms with E-state index in [9.17, 15) is 18.0 Å². The number of halogens is 3. The summed E-state index contributed by atoms with van der Waals surface area (Å²) in [5.74, 6) is 0. The van der Waals surface area contributed by atoms with Gasteiger partial charge in [0.05, 0.1) is 5.56 Å². The van der Waals surface area contributed by atoms with Crippen molar-refractivity contribution in [1.29, 1.82) is 0 Å². The van der Waals surface area contributed by atoms with E-state index in [4.69, 9.17) is 4.74 Å². The minimum Gasteiger partial charge on any atom is -0.381 e. The zero-order chi connectivity index (χ0) is 19.3. The molecule has 27 heavy (non-hydrogen) atoms. The molecule has 2 aliphatic rings. The Morgan fingerprint density at radius 1 is 1.11 bits per heavy atom. The van der Waals surface area contributed by atoms with Gasteiger partial charge in [-0.15, -0.1) is 0 Å². The monoisotopic (exact) mass is 384 g/mol. The first kappa shape index (κ1) is 20.0. The third-order valence-electron chi connectivity index (χ3n) is 5.72. The highest BCUT2D eigenvalue weighted by Crippen LogP contribution is 2.37. The molecule has 2 amide bonds. The van der Waals surface area contributed by atoms with Gasteiger partial charge in [-0.2, -0.15) is 13.2 Å². The van der Waals surface area contributed by atoms with Crippen LogP contribution in [0, 0.1) is 0 Å². The Hall–Kier alpha value is -1.76. The fraction of sp³-hybridized carbons (Fsp3) is 0.650. The molecule has 0 saturated carbocycles. The predicted molar refractivity (Wildman–Crippen MR) is 96.6 cm³/mol. The minimum absolute atomic E-state index is 0.116. The molecular formula is C20H27F3N2O2. The normalized spacial score (nSPS) is 20.8. The van der Waals surface area contributed by atoms with Gasteiger partial charge in [-0.3, -0.25) is 0 Å². The van der Waals surface area contributed by atoms with Gasteiger partial charge < -0.3 is 15.0 Å². The van der Waals surface area contributed by atoms with Crippen LogP contribution in [0.4, 0.5) is 18.0 Å². The minimum atomic E-state index is -4.38. The van der Waals surface area contributed by atoms with Crippen LogP contribution in [0.3, 0.4) is 0 Å². The molecule has 1 aromatic rings. The molecule has 0 aromatic heterocycles. The third kappa shape index (κ3) is 4.94. The van der Waals surface area contributed by atoms with Crippen molar-refractivity contribution in [2.75, 3.05) is 32.8 Å². The van der Waals surface area contributed by atoms with Crippen LogP contribution in [0.2, 0.25) is 0 Å². The molecule has 150 valence electrons. The van der Waals surface area contributed by atoms with E-state index < -0.39 is 17.2 Å². The first-order valence-corrected chi connectivity index (χ1v) is 9.69. The van der Waals surface area contributed by atoms with Crippen molar-refractivity contribution < 1.29 is 22.7 Å². The number of carbonyl (C=O) groups excluding carboxylic acids is 1. The second-order valence-electron chi connectivity index (χ2n) is 7.53. The van der Waals surface area contributed by atoms with E-state index in [1.165, 1.54) is 12.1 Å². The highest BCUT2D eigenvalue weighted by molar-refractivity contribution is 5.74. The van der Waals surface area contributed by atoms with Gasteiger partial charge in [0.1, 0.15) is 0 Å². The summed E-state index contributed by atoms with van der Waals surface area (Å²) in [5.41, 5.74) is -0.553. The van der Waals surface area contributed by atoms with E-state index in [2.05, 4.69) is 5.32 Å². The molecule has 0 spiro atoms. The average molecular weight is 384 g/mol. The summed E-state index contributed by atoms with van der Waals surface area (Å²) in [6, 6.07) is 5.38. The van der Waals surface area contributed by atoms with Gasteiger partial charge in [0.25, 0.3) is 0 Å². The molecule has 0 unspecified atom stereocenters. The molecule has 1 aromatic carbocycles. The van der Waals surface area contributed by atoms with Crippen molar-refractivity contribution in [3.05, 3.63) is 35.4 Å². The number of alkyl halides is 3. The molecule has 2 fully saturated rings. The van der Waals surface area contributed by atoms with Gasteiger partial charge in [-0.1, -0.05) is 31.0 Å². The fourth-order valence-electron chi connectivity index (χ4n) is 3.99. The molecule has 0 atom stereocenters. The van der Waals surface area contributed by atoms with Gasteiger partial charge >= 0.3 is 12.2 Å². The number of carbonyl (C=O) groups is 1. The summed E-state index contributed by atoms with van der Waals surface area (Å²) < 4.78 is 44.9. The quantitative estimate of drug-likeness (QED) is 0.842. The average Bonchev–Trinajstić information content (AvgIpc) is 2.96. The number of amides is 2. The van der Waals surface area contributed by atoms with Crippen LogP contribution in [0.1, 0.15) is 49.7 Å². The van der Waals surface area contributed by atoms with Gasteiger partial charge in [0, 0.05) is 38.3 Å². The topological polar surface area (TPSA) is 41.6 Å².